The Morgan fingerprint density at radius 3 is 2.45 bits per heavy atom. The number of aromatic nitrogens is 3. The van der Waals surface area contributed by atoms with Gasteiger partial charge in [-0.3, -0.25) is 4.79 Å². The number of hydrogen-bond acceptors (Lipinski definition) is 6. The van der Waals surface area contributed by atoms with Crippen molar-refractivity contribution >= 4 is 40.0 Å². The monoisotopic (exact) mass is 547 g/mol. The van der Waals surface area contributed by atoms with Crippen molar-refractivity contribution in [3.63, 3.8) is 0 Å². The number of carbonyl (C=O) groups is 1. The summed E-state index contributed by atoms with van der Waals surface area (Å²) in [4.78, 5) is 25.1. The summed E-state index contributed by atoms with van der Waals surface area (Å²) in [5, 5.41) is 10.2. The van der Waals surface area contributed by atoms with Gasteiger partial charge in [-0.1, -0.05) is 26.0 Å². The number of fused-ring (bicyclic) bond motifs is 1. The van der Waals surface area contributed by atoms with Crippen LogP contribution in [0.4, 0.5) is 31.8 Å². The number of alkyl halides is 2. The number of amides is 1. The van der Waals surface area contributed by atoms with Crippen molar-refractivity contribution in [2.24, 2.45) is 0 Å². The van der Waals surface area contributed by atoms with E-state index in [2.05, 4.69) is 51.8 Å². The number of rotatable bonds is 9. The minimum absolute atomic E-state index is 0.0191. The predicted molar refractivity (Wildman–Crippen MR) is 156 cm³/mol. The fourth-order valence-corrected chi connectivity index (χ4v) is 5.14. The van der Waals surface area contributed by atoms with E-state index in [9.17, 15) is 13.6 Å². The second kappa shape index (κ2) is 11.6. The van der Waals surface area contributed by atoms with Crippen LogP contribution in [0.5, 0.6) is 0 Å². The molecule has 3 heterocycles. The zero-order valence-electron chi connectivity index (χ0n) is 23.0. The molecule has 1 aliphatic rings. The van der Waals surface area contributed by atoms with Gasteiger partial charge in [-0.15, -0.1) is 0 Å². The highest BCUT2D eigenvalue weighted by atomic mass is 19.3. The van der Waals surface area contributed by atoms with Gasteiger partial charge in [-0.25, -0.2) is 13.8 Å². The lowest BCUT2D eigenvalue weighted by molar-refractivity contribution is 0.0175. The molecule has 1 amide bonds. The normalized spacial score (nSPS) is 14.1. The van der Waals surface area contributed by atoms with Crippen LogP contribution < -0.4 is 20.9 Å². The topological polar surface area (TPSA) is 87.1 Å². The van der Waals surface area contributed by atoms with Gasteiger partial charge in [-0.05, 0) is 55.3 Å². The molecule has 10 heteroatoms. The van der Waals surface area contributed by atoms with Crippen LogP contribution >= 0.6 is 0 Å². The zero-order chi connectivity index (χ0) is 28.3. The van der Waals surface area contributed by atoms with E-state index < -0.39 is 5.92 Å². The van der Waals surface area contributed by atoms with Gasteiger partial charge < -0.3 is 25.4 Å². The number of piperazine rings is 1. The van der Waals surface area contributed by atoms with Crippen LogP contribution in [0, 0.1) is 0 Å². The molecule has 3 N–H and O–H groups in total. The van der Waals surface area contributed by atoms with Crippen LogP contribution in [0.25, 0.3) is 11.0 Å². The molecule has 2 aromatic heterocycles. The first-order valence-electron chi connectivity index (χ1n) is 13.8. The van der Waals surface area contributed by atoms with Crippen molar-refractivity contribution in [1.29, 1.82) is 0 Å². The van der Waals surface area contributed by atoms with Gasteiger partial charge in [-0.2, -0.15) is 4.98 Å². The molecule has 0 aliphatic carbocycles. The van der Waals surface area contributed by atoms with Gasteiger partial charge in [0.05, 0.1) is 0 Å². The molecule has 0 spiro atoms. The largest absolute Gasteiger partial charge is 0.369 e. The third-order valence-electron chi connectivity index (χ3n) is 7.35. The average molecular weight is 548 g/mol. The standard InChI is InChI=1S/C30H35F2N7O/c1-4-24(5-2)39-26(28(40)35-23-8-6-7-21(18-23)30(3,31)32)17-20-19-34-29(37-27(20)39)36-22-9-11-25(12-10-22)38-15-13-33-14-16-38/h6-12,17-19,24,33H,4-5,13-16H2,1-3H3,(H,35,40)(H,34,36,37). The molecule has 8 nitrogen and oxygen atoms in total. The number of carbonyl (C=O) groups excluding carboxylic acids is 1. The molecule has 0 saturated carbocycles. The Kier molecular flexibility index (Phi) is 7.97. The van der Waals surface area contributed by atoms with E-state index in [-0.39, 0.29) is 17.5 Å². The number of halogens is 2. The van der Waals surface area contributed by atoms with Crippen molar-refractivity contribution in [2.75, 3.05) is 41.7 Å². The smallest absolute Gasteiger partial charge is 0.272 e. The lowest BCUT2D eigenvalue weighted by Crippen LogP contribution is -2.43. The first-order chi connectivity index (χ1) is 19.3. The Morgan fingerprint density at radius 1 is 1.05 bits per heavy atom. The van der Waals surface area contributed by atoms with Crippen molar-refractivity contribution in [3.05, 3.63) is 72.1 Å². The molecule has 0 bridgehead atoms. The molecule has 4 aromatic rings. The summed E-state index contributed by atoms with van der Waals surface area (Å²) in [6.45, 7) is 8.88. The molecule has 1 saturated heterocycles. The minimum atomic E-state index is -3.00. The van der Waals surface area contributed by atoms with Gasteiger partial charge in [0.2, 0.25) is 5.95 Å². The molecule has 5 rings (SSSR count). The Hall–Kier alpha value is -4.05. The summed E-state index contributed by atoms with van der Waals surface area (Å²) >= 11 is 0. The fourth-order valence-electron chi connectivity index (χ4n) is 5.14. The predicted octanol–water partition coefficient (Wildman–Crippen LogP) is 6.31. The highest BCUT2D eigenvalue weighted by molar-refractivity contribution is 6.06. The SMILES string of the molecule is CCC(CC)n1c(C(=O)Nc2cccc(C(C)(F)F)c2)cc2cnc(Nc3ccc(N4CCNCC4)cc3)nc21. The van der Waals surface area contributed by atoms with E-state index in [1.807, 2.05) is 16.7 Å². The summed E-state index contributed by atoms with van der Waals surface area (Å²) < 4.78 is 29.6. The highest BCUT2D eigenvalue weighted by Crippen LogP contribution is 2.31. The second-order valence-electron chi connectivity index (χ2n) is 10.2. The first-order valence-corrected chi connectivity index (χ1v) is 13.8. The van der Waals surface area contributed by atoms with Crippen molar-refractivity contribution in [1.82, 2.24) is 19.9 Å². The fraction of sp³-hybridized carbons (Fsp3) is 0.367. The Bertz CT molecular complexity index is 1470. The molecule has 0 radical (unpaired) electrons. The molecule has 1 aliphatic heterocycles. The van der Waals surface area contributed by atoms with Crippen LogP contribution in [0.3, 0.4) is 0 Å². The molecular weight excluding hydrogens is 512 g/mol. The summed E-state index contributed by atoms with van der Waals surface area (Å²) in [5.41, 5.74) is 3.24. The number of nitrogens with one attached hydrogen (secondary N) is 3. The second-order valence-corrected chi connectivity index (χ2v) is 10.2. The van der Waals surface area contributed by atoms with E-state index in [1.54, 1.807) is 18.3 Å². The third-order valence-corrected chi connectivity index (χ3v) is 7.35. The summed E-state index contributed by atoms with van der Waals surface area (Å²) in [6, 6.07) is 15.7. The molecule has 40 heavy (non-hydrogen) atoms. The van der Waals surface area contributed by atoms with E-state index in [0.717, 1.165) is 57.0 Å². The number of benzene rings is 2. The summed E-state index contributed by atoms with van der Waals surface area (Å²) in [5.74, 6) is -2.97. The van der Waals surface area contributed by atoms with E-state index in [1.165, 1.54) is 23.9 Å². The van der Waals surface area contributed by atoms with E-state index in [4.69, 9.17) is 4.98 Å². The first kappa shape index (κ1) is 27.5. The quantitative estimate of drug-likeness (QED) is 0.228. The maximum atomic E-state index is 13.9. The molecular formula is C30H35F2N7O. The van der Waals surface area contributed by atoms with E-state index >= 15 is 0 Å². The third kappa shape index (κ3) is 5.91. The maximum Gasteiger partial charge on any atom is 0.272 e. The van der Waals surface area contributed by atoms with Gasteiger partial charge in [0.15, 0.2) is 0 Å². The van der Waals surface area contributed by atoms with Crippen LogP contribution in [0.15, 0.2) is 60.8 Å². The summed E-state index contributed by atoms with van der Waals surface area (Å²) in [7, 11) is 0. The molecule has 2 aromatic carbocycles. The van der Waals surface area contributed by atoms with Crippen molar-refractivity contribution < 1.29 is 13.6 Å². The minimum Gasteiger partial charge on any atom is -0.369 e. The van der Waals surface area contributed by atoms with Crippen LogP contribution in [-0.2, 0) is 5.92 Å². The van der Waals surface area contributed by atoms with Gasteiger partial charge in [0.25, 0.3) is 11.8 Å². The van der Waals surface area contributed by atoms with Crippen molar-refractivity contribution in [3.8, 4) is 0 Å². The Morgan fingerprint density at radius 2 is 1.77 bits per heavy atom. The Balaban J connectivity index is 1.43. The molecule has 1 fully saturated rings. The van der Waals surface area contributed by atoms with E-state index in [0.29, 0.717) is 23.0 Å². The lowest BCUT2D eigenvalue weighted by Gasteiger charge is -2.29. The van der Waals surface area contributed by atoms with Crippen LogP contribution in [0.1, 0.15) is 55.7 Å². The van der Waals surface area contributed by atoms with Gasteiger partial charge in [0, 0.05) is 73.4 Å². The average Bonchev–Trinajstić information content (AvgIpc) is 3.33. The lowest BCUT2D eigenvalue weighted by atomic mass is 10.1. The molecule has 0 unspecified atom stereocenters. The number of anilines is 4. The zero-order valence-corrected chi connectivity index (χ0v) is 23.0. The maximum absolute atomic E-state index is 13.9. The number of nitrogens with zero attached hydrogens (tertiary/aromatic N) is 4. The van der Waals surface area contributed by atoms with Crippen LogP contribution in [-0.4, -0.2) is 46.6 Å². The molecule has 210 valence electrons. The summed E-state index contributed by atoms with van der Waals surface area (Å²) in [6.07, 6.45) is 3.28. The Labute approximate surface area is 232 Å². The van der Waals surface area contributed by atoms with Gasteiger partial charge in [0.1, 0.15) is 11.3 Å². The number of hydrogen-bond donors (Lipinski definition) is 3. The highest BCUT2D eigenvalue weighted by Gasteiger charge is 2.26. The van der Waals surface area contributed by atoms with Gasteiger partial charge >= 0.3 is 0 Å². The van der Waals surface area contributed by atoms with Crippen LogP contribution in [0.2, 0.25) is 0 Å². The van der Waals surface area contributed by atoms with Crippen molar-refractivity contribution in [2.45, 2.75) is 45.6 Å². The molecule has 0 atom stereocenters.